The Morgan fingerprint density at radius 3 is 2.86 bits per heavy atom. The fraction of sp³-hybridized carbons (Fsp3) is 0.600. The van der Waals surface area contributed by atoms with Crippen LogP contribution in [0.5, 0.6) is 0 Å². The molecule has 0 amide bonds. The number of rotatable bonds is 5. The molecule has 6 heteroatoms. The van der Waals surface area contributed by atoms with Gasteiger partial charge in [-0.3, -0.25) is 0 Å². The molecule has 1 saturated heterocycles. The van der Waals surface area contributed by atoms with E-state index < -0.39 is 10.0 Å². The first-order valence-corrected chi connectivity index (χ1v) is 9.62. The Bertz CT molecular complexity index is 589. The molecule has 1 N–H and O–H groups in total. The Morgan fingerprint density at radius 1 is 1.38 bits per heavy atom. The summed E-state index contributed by atoms with van der Waals surface area (Å²) in [6.45, 7) is 3.32. The van der Waals surface area contributed by atoms with Crippen LogP contribution in [0.15, 0.2) is 27.6 Å². The molecule has 0 aromatic heterocycles. The van der Waals surface area contributed by atoms with E-state index in [1.54, 1.807) is 10.4 Å². The summed E-state index contributed by atoms with van der Waals surface area (Å²) in [5, 5.41) is 3.12. The average Bonchev–Trinajstić information content (AvgIpc) is 2.47. The Balaban J connectivity index is 2.33. The van der Waals surface area contributed by atoms with Gasteiger partial charge < -0.3 is 5.32 Å². The molecule has 118 valence electrons. The van der Waals surface area contributed by atoms with Gasteiger partial charge in [0.2, 0.25) is 10.0 Å². The molecule has 1 atom stereocenters. The predicted octanol–water partition coefficient (Wildman–Crippen LogP) is 2.91. The maximum Gasteiger partial charge on any atom is 0.243 e. The van der Waals surface area contributed by atoms with Gasteiger partial charge in [-0.2, -0.15) is 4.31 Å². The molecule has 1 aromatic rings. The summed E-state index contributed by atoms with van der Waals surface area (Å²) in [6, 6.07) is 5.55. The minimum absolute atomic E-state index is 0.106. The van der Waals surface area contributed by atoms with Gasteiger partial charge in [-0.05, 0) is 57.5 Å². The zero-order valence-electron chi connectivity index (χ0n) is 12.6. The van der Waals surface area contributed by atoms with Crippen LogP contribution >= 0.6 is 15.9 Å². The summed E-state index contributed by atoms with van der Waals surface area (Å²) in [5.41, 5.74) is 0.802. The maximum absolute atomic E-state index is 13.0. The zero-order chi connectivity index (χ0) is 15.5. The van der Waals surface area contributed by atoms with Crippen molar-refractivity contribution in [3.63, 3.8) is 0 Å². The third kappa shape index (κ3) is 3.86. The third-order valence-electron chi connectivity index (χ3n) is 4.04. The third-order valence-corrected chi connectivity index (χ3v) is 6.62. The van der Waals surface area contributed by atoms with Gasteiger partial charge in [-0.15, -0.1) is 0 Å². The summed E-state index contributed by atoms with van der Waals surface area (Å²) in [6.07, 6.45) is 3.87. The van der Waals surface area contributed by atoms with Crippen LogP contribution in [0, 0.1) is 6.92 Å². The van der Waals surface area contributed by atoms with E-state index in [-0.39, 0.29) is 6.04 Å². The normalized spacial score (nSPS) is 20.6. The lowest BCUT2D eigenvalue weighted by molar-refractivity contribution is 0.240. The van der Waals surface area contributed by atoms with Crippen molar-refractivity contribution < 1.29 is 8.42 Å². The van der Waals surface area contributed by atoms with Gasteiger partial charge in [0.15, 0.2) is 0 Å². The average molecular weight is 375 g/mol. The van der Waals surface area contributed by atoms with E-state index in [1.807, 2.05) is 26.1 Å². The molecule has 1 heterocycles. The summed E-state index contributed by atoms with van der Waals surface area (Å²) in [7, 11) is -1.52. The molecule has 0 aliphatic carbocycles. The van der Waals surface area contributed by atoms with Crippen LogP contribution in [-0.4, -0.2) is 38.9 Å². The molecule has 1 aliphatic heterocycles. The molecular weight excluding hydrogens is 352 g/mol. The van der Waals surface area contributed by atoms with Gasteiger partial charge in [0.1, 0.15) is 0 Å². The number of nitrogens with zero attached hydrogens (tertiary/aromatic N) is 1. The fourth-order valence-corrected chi connectivity index (χ4v) is 5.36. The van der Waals surface area contributed by atoms with E-state index >= 15 is 0 Å². The number of hydrogen-bond donors (Lipinski definition) is 1. The van der Waals surface area contributed by atoms with Crippen LogP contribution in [0.2, 0.25) is 0 Å². The summed E-state index contributed by atoms with van der Waals surface area (Å²) < 4.78 is 28.5. The van der Waals surface area contributed by atoms with E-state index in [4.69, 9.17) is 0 Å². The van der Waals surface area contributed by atoms with Crippen LogP contribution in [-0.2, 0) is 10.0 Å². The maximum atomic E-state index is 13.0. The fourth-order valence-electron chi connectivity index (χ4n) is 2.87. The van der Waals surface area contributed by atoms with Gasteiger partial charge in [0, 0.05) is 17.1 Å². The highest BCUT2D eigenvalue weighted by atomic mass is 79.9. The van der Waals surface area contributed by atoms with Crippen LogP contribution in [0.3, 0.4) is 0 Å². The summed E-state index contributed by atoms with van der Waals surface area (Å²) in [5.74, 6) is 0. The first kappa shape index (κ1) is 16.9. The highest BCUT2D eigenvalue weighted by Crippen LogP contribution is 2.29. The minimum Gasteiger partial charge on any atom is -0.320 e. The highest BCUT2D eigenvalue weighted by Gasteiger charge is 2.33. The van der Waals surface area contributed by atoms with Gasteiger partial charge in [0.05, 0.1) is 4.90 Å². The smallest absolute Gasteiger partial charge is 0.243 e. The quantitative estimate of drug-likeness (QED) is 0.861. The molecule has 0 bridgehead atoms. The van der Waals surface area contributed by atoms with Gasteiger partial charge >= 0.3 is 0 Å². The van der Waals surface area contributed by atoms with Crippen LogP contribution in [0.25, 0.3) is 0 Å². The molecule has 1 aromatic carbocycles. The second-order valence-electron chi connectivity index (χ2n) is 5.57. The number of benzene rings is 1. The first-order valence-electron chi connectivity index (χ1n) is 7.39. The van der Waals surface area contributed by atoms with E-state index in [0.29, 0.717) is 11.4 Å². The molecule has 1 fully saturated rings. The molecule has 1 unspecified atom stereocenters. The molecule has 0 saturated carbocycles. The Labute approximate surface area is 136 Å². The summed E-state index contributed by atoms with van der Waals surface area (Å²) in [4.78, 5) is 0.424. The number of hydrogen-bond acceptors (Lipinski definition) is 3. The SMILES string of the molecule is CNCCC1CCCCN1S(=O)(=O)c1cc(Br)ccc1C. The van der Waals surface area contributed by atoms with Crippen molar-refractivity contribution in [2.24, 2.45) is 0 Å². The zero-order valence-corrected chi connectivity index (χ0v) is 15.0. The lowest BCUT2D eigenvalue weighted by Gasteiger charge is -2.35. The molecule has 4 nitrogen and oxygen atoms in total. The Kier molecular flexibility index (Phi) is 5.82. The van der Waals surface area contributed by atoms with E-state index in [0.717, 1.165) is 42.3 Å². The van der Waals surface area contributed by atoms with Gasteiger partial charge in [-0.25, -0.2) is 8.42 Å². The largest absolute Gasteiger partial charge is 0.320 e. The van der Waals surface area contributed by atoms with Crippen molar-refractivity contribution in [1.82, 2.24) is 9.62 Å². The topological polar surface area (TPSA) is 49.4 Å². The number of nitrogens with one attached hydrogen (secondary N) is 1. The van der Waals surface area contributed by atoms with E-state index in [9.17, 15) is 8.42 Å². The van der Waals surface area contributed by atoms with Gasteiger partial charge in [0.25, 0.3) is 0 Å². The number of piperidine rings is 1. The molecule has 21 heavy (non-hydrogen) atoms. The Hall–Kier alpha value is -0.430. The summed E-state index contributed by atoms with van der Waals surface area (Å²) >= 11 is 3.38. The molecule has 2 rings (SSSR count). The van der Waals surface area contributed by atoms with Crippen molar-refractivity contribution in [1.29, 1.82) is 0 Å². The van der Waals surface area contributed by atoms with E-state index in [2.05, 4.69) is 21.2 Å². The lowest BCUT2D eigenvalue weighted by atomic mass is 10.0. The standard InChI is InChI=1S/C15H23BrN2O2S/c1-12-6-7-13(16)11-15(12)21(19,20)18-10-4-3-5-14(18)8-9-17-2/h6-7,11,14,17H,3-5,8-10H2,1-2H3. The van der Waals surface area contributed by atoms with Crippen LogP contribution in [0.1, 0.15) is 31.2 Å². The molecular formula is C15H23BrN2O2S. The van der Waals surface area contributed by atoms with Gasteiger partial charge in [-0.1, -0.05) is 28.4 Å². The first-order chi connectivity index (χ1) is 9.96. The second-order valence-corrected chi connectivity index (χ2v) is 8.34. The second kappa shape index (κ2) is 7.22. The van der Waals surface area contributed by atoms with Crippen molar-refractivity contribution in [2.75, 3.05) is 20.1 Å². The molecule has 0 spiro atoms. The lowest BCUT2D eigenvalue weighted by Crippen LogP contribution is -2.44. The van der Waals surface area contributed by atoms with E-state index in [1.165, 1.54) is 0 Å². The van der Waals surface area contributed by atoms with Crippen LogP contribution in [0.4, 0.5) is 0 Å². The molecule has 1 aliphatic rings. The number of halogens is 1. The minimum atomic E-state index is -3.42. The Morgan fingerprint density at radius 2 is 2.14 bits per heavy atom. The number of aryl methyl sites for hydroxylation is 1. The molecule has 0 radical (unpaired) electrons. The van der Waals surface area contributed by atoms with Crippen molar-refractivity contribution in [3.05, 3.63) is 28.2 Å². The van der Waals surface area contributed by atoms with Crippen molar-refractivity contribution >= 4 is 26.0 Å². The monoisotopic (exact) mass is 374 g/mol. The van der Waals surface area contributed by atoms with Crippen molar-refractivity contribution in [2.45, 2.75) is 43.5 Å². The predicted molar refractivity (Wildman–Crippen MR) is 89.0 cm³/mol. The van der Waals surface area contributed by atoms with Crippen LogP contribution < -0.4 is 5.32 Å². The highest BCUT2D eigenvalue weighted by molar-refractivity contribution is 9.10. The number of sulfonamides is 1. The van der Waals surface area contributed by atoms with Crippen molar-refractivity contribution in [3.8, 4) is 0 Å².